The minimum Gasteiger partial charge on any atom is -0.497 e. The second-order valence-corrected chi connectivity index (χ2v) is 8.61. The van der Waals surface area contributed by atoms with Crippen LogP contribution in [0.1, 0.15) is 33.3 Å². The smallest absolute Gasteiger partial charge is 0.291 e. The quantitative estimate of drug-likeness (QED) is 0.310. The molecule has 1 aromatic heterocycles. The first-order chi connectivity index (χ1) is 17.0. The van der Waals surface area contributed by atoms with Gasteiger partial charge in [-0.25, -0.2) is 0 Å². The Morgan fingerprint density at radius 3 is 2.60 bits per heavy atom. The van der Waals surface area contributed by atoms with Crippen molar-refractivity contribution in [3.63, 3.8) is 0 Å². The molecule has 0 saturated heterocycles. The van der Waals surface area contributed by atoms with Gasteiger partial charge in [-0.05, 0) is 53.6 Å². The molecule has 1 unspecified atom stereocenters. The average molecular weight is 488 g/mol. The van der Waals surface area contributed by atoms with E-state index in [-0.39, 0.29) is 23.6 Å². The first-order valence-electron chi connectivity index (χ1n) is 11.0. The molecular weight excluding hydrogens is 466 g/mol. The van der Waals surface area contributed by atoms with Crippen molar-refractivity contribution in [2.45, 2.75) is 12.6 Å². The van der Waals surface area contributed by atoms with Gasteiger partial charge < -0.3 is 18.8 Å². The molecule has 176 valence electrons. The first kappa shape index (κ1) is 22.7. The van der Waals surface area contributed by atoms with E-state index >= 15 is 0 Å². The number of hydrogen-bond donors (Lipinski definition) is 0. The molecule has 7 heteroatoms. The number of halogens is 1. The lowest BCUT2D eigenvalue weighted by Crippen LogP contribution is -2.29. The summed E-state index contributed by atoms with van der Waals surface area (Å²) >= 11 is 6.16. The molecule has 35 heavy (non-hydrogen) atoms. The minimum absolute atomic E-state index is 0.0424. The highest BCUT2D eigenvalue weighted by atomic mass is 35.5. The number of rotatable bonds is 7. The number of carbonyl (C=O) groups excluding carboxylic acids is 1. The predicted molar refractivity (Wildman–Crippen MR) is 134 cm³/mol. The SMILES string of the molecule is C=CCOc1cccc(C2c3c(oc4ccc(Cl)cc4c3=O)C(=O)N2Cc2ccc(OC)cc2)c1. The summed E-state index contributed by atoms with van der Waals surface area (Å²) in [7, 11) is 1.60. The van der Waals surface area contributed by atoms with Crippen molar-refractivity contribution in [1.29, 1.82) is 0 Å². The van der Waals surface area contributed by atoms with E-state index in [1.165, 1.54) is 0 Å². The molecule has 0 aliphatic carbocycles. The average Bonchev–Trinajstić information content (AvgIpc) is 3.15. The molecule has 5 rings (SSSR count). The van der Waals surface area contributed by atoms with Gasteiger partial charge in [0.25, 0.3) is 5.91 Å². The highest BCUT2D eigenvalue weighted by Gasteiger charge is 2.42. The molecule has 0 N–H and O–H groups in total. The molecule has 0 spiro atoms. The lowest BCUT2D eigenvalue weighted by atomic mass is 9.98. The van der Waals surface area contributed by atoms with Crippen LogP contribution < -0.4 is 14.9 Å². The van der Waals surface area contributed by atoms with E-state index in [1.54, 1.807) is 36.3 Å². The molecular formula is C28H22ClNO5. The number of methoxy groups -OCH3 is 1. The number of benzene rings is 3. The van der Waals surface area contributed by atoms with Gasteiger partial charge in [0.1, 0.15) is 23.7 Å². The number of ether oxygens (including phenoxy) is 2. The highest BCUT2D eigenvalue weighted by Crippen LogP contribution is 2.40. The summed E-state index contributed by atoms with van der Waals surface area (Å²) in [5, 5.41) is 0.750. The fourth-order valence-corrected chi connectivity index (χ4v) is 4.53. The number of carbonyl (C=O) groups is 1. The normalized spacial score (nSPS) is 14.7. The van der Waals surface area contributed by atoms with Crippen LogP contribution in [0.2, 0.25) is 5.02 Å². The Bertz CT molecular complexity index is 1490. The Hall–Kier alpha value is -4.03. The van der Waals surface area contributed by atoms with E-state index in [9.17, 15) is 9.59 Å². The fourth-order valence-electron chi connectivity index (χ4n) is 4.36. The third-order valence-corrected chi connectivity index (χ3v) is 6.22. The summed E-state index contributed by atoms with van der Waals surface area (Å²) in [6, 6.07) is 19.0. The fraction of sp³-hybridized carbons (Fsp3) is 0.143. The van der Waals surface area contributed by atoms with Gasteiger partial charge >= 0.3 is 0 Å². The van der Waals surface area contributed by atoms with Crippen LogP contribution in [0.3, 0.4) is 0 Å². The van der Waals surface area contributed by atoms with Crippen molar-refractivity contribution in [3.8, 4) is 11.5 Å². The lowest BCUT2D eigenvalue weighted by molar-refractivity contribution is 0.0714. The Morgan fingerprint density at radius 1 is 1.06 bits per heavy atom. The van der Waals surface area contributed by atoms with Gasteiger partial charge in [-0.15, -0.1) is 0 Å². The van der Waals surface area contributed by atoms with Crippen molar-refractivity contribution < 1.29 is 18.7 Å². The zero-order chi connectivity index (χ0) is 24.5. The molecule has 1 amide bonds. The Morgan fingerprint density at radius 2 is 1.86 bits per heavy atom. The van der Waals surface area contributed by atoms with E-state index in [0.717, 1.165) is 11.1 Å². The summed E-state index contributed by atoms with van der Waals surface area (Å²) in [6.45, 7) is 4.29. The molecule has 0 radical (unpaired) electrons. The maximum Gasteiger partial charge on any atom is 0.291 e. The van der Waals surface area contributed by atoms with E-state index in [1.807, 2.05) is 48.5 Å². The van der Waals surface area contributed by atoms with Crippen LogP contribution in [0.5, 0.6) is 11.5 Å². The maximum atomic E-state index is 13.7. The van der Waals surface area contributed by atoms with Crippen molar-refractivity contribution >= 4 is 28.5 Å². The van der Waals surface area contributed by atoms with Crippen LogP contribution >= 0.6 is 11.6 Å². The summed E-state index contributed by atoms with van der Waals surface area (Å²) in [5.41, 5.74) is 1.95. The second-order valence-electron chi connectivity index (χ2n) is 8.17. The predicted octanol–water partition coefficient (Wildman–Crippen LogP) is 5.77. The van der Waals surface area contributed by atoms with Crippen molar-refractivity contribution in [2.75, 3.05) is 13.7 Å². The zero-order valence-electron chi connectivity index (χ0n) is 19.0. The first-order valence-corrected chi connectivity index (χ1v) is 11.4. The summed E-state index contributed by atoms with van der Waals surface area (Å²) in [6.07, 6.45) is 1.65. The summed E-state index contributed by atoms with van der Waals surface area (Å²) in [4.78, 5) is 29.0. The third-order valence-electron chi connectivity index (χ3n) is 5.98. The molecule has 6 nitrogen and oxygen atoms in total. The van der Waals surface area contributed by atoms with Crippen LogP contribution in [-0.4, -0.2) is 24.5 Å². The summed E-state index contributed by atoms with van der Waals surface area (Å²) in [5.74, 6) is 1.02. The van der Waals surface area contributed by atoms with Gasteiger partial charge in [-0.2, -0.15) is 0 Å². The number of fused-ring (bicyclic) bond motifs is 2. The van der Waals surface area contributed by atoms with E-state index in [0.29, 0.717) is 39.7 Å². The van der Waals surface area contributed by atoms with Gasteiger partial charge in [0.15, 0.2) is 5.43 Å². The van der Waals surface area contributed by atoms with E-state index < -0.39 is 6.04 Å². The van der Waals surface area contributed by atoms with Gasteiger partial charge in [0.2, 0.25) is 5.76 Å². The number of amides is 1. The van der Waals surface area contributed by atoms with Gasteiger partial charge in [-0.3, -0.25) is 9.59 Å². The van der Waals surface area contributed by atoms with Gasteiger partial charge in [0, 0.05) is 11.6 Å². The number of hydrogen-bond acceptors (Lipinski definition) is 5. The molecule has 0 fully saturated rings. The molecule has 1 aliphatic heterocycles. The molecule has 0 bridgehead atoms. The molecule has 1 aliphatic rings. The van der Waals surface area contributed by atoms with E-state index in [2.05, 4.69) is 6.58 Å². The van der Waals surface area contributed by atoms with Crippen LogP contribution in [0.25, 0.3) is 11.0 Å². The molecule has 4 aromatic rings. The van der Waals surface area contributed by atoms with Gasteiger partial charge in [0.05, 0.1) is 24.1 Å². The van der Waals surface area contributed by atoms with Crippen LogP contribution in [0.15, 0.2) is 88.6 Å². The zero-order valence-corrected chi connectivity index (χ0v) is 19.7. The van der Waals surface area contributed by atoms with E-state index in [4.69, 9.17) is 25.5 Å². The van der Waals surface area contributed by atoms with Gasteiger partial charge in [-0.1, -0.05) is 48.5 Å². The lowest BCUT2D eigenvalue weighted by Gasteiger charge is -2.25. The number of nitrogens with zero attached hydrogens (tertiary/aromatic N) is 1. The standard InChI is InChI=1S/C28H22ClNO5/c1-3-13-34-21-6-4-5-18(14-21)25-24-26(31)22-15-19(29)9-12-23(22)35-27(24)28(32)30(25)16-17-7-10-20(33-2)11-8-17/h3-12,14-15,25H,1,13,16H2,2H3. The van der Waals surface area contributed by atoms with Crippen LogP contribution in [0.4, 0.5) is 0 Å². The Balaban J connectivity index is 1.67. The maximum absolute atomic E-state index is 13.7. The highest BCUT2D eigenvalue weighted by molar-refractivity contribution is 6.31. The molecule has 2 heterocycles. The monoisotopic (exact) mass is 487 g/mol. The Kier molecular flexibility index (Phi) is 6.05. The van der Waals surface area contributed by atoms with Crippen molar-refractivity contribution in [1.82, 2.24) is 4.90 Å². The molecule has 3 aromatic carbocycles. The molecule has 0 saturated carbocycles. The van der Waals surface area contributed by atoms with Crippen molar-refractivity contribution in [2.24, 2.45) is 0 Å². The van der Waals surface area contributed by atoms with Crippen LogP contribution in [-0.2, 0) is 6.54 Å². The summed E-state index contributed by atoms with van der Waals surface area (Å²) < 4.78 is 16.9. The van der Waals surface area contributed by atoms with Crippen molar-refractivity contribution in [3.05, 3.63) is 117 Å². The largest absolute Gasteiger partial charge is 0.497 e. The minimum atomic E-state index is -0.661. The Labute approximate surface area is 207 Å². The third kappa shape index (κ3) is 4.17. The second kappa shape index (κ2) is 9.31. The topological polar surface area (TPSA) is 69.0 Å². The molecule has 1 atom stereocenters. The van der Waals surface area contributed by atoms with Crippen LogP contribution in [0, 0.1) is 0 Å².